The number of rotatable bonds is 6. The van der Waals surface area contributed by atoms with Gasteiger partial charge in [-0.25, -0.2) is 0 Å². The Morgan fingerprint density at radius 2 is 2.04 bits per heavy atom. The van der Waals surface area contributed by atoms with Gasteiger partial charge in [-0.2, -0.15) is 0 Å². The zero-order valence-corrected chi connectivity index (χ0v) is 16.2. The number of anilines is 1. The first kappa shape index (κ1) is 19.3. The second kappa shape index (κ2) is 8.08. The molecule has 2 heterocycles. The van der Waals surface area contributed by atoms with Crippen LogP contribution >= 0.6 is 0 Å². The van der Waals surface area contributed by atoms with E-state index in [0.29, 0.717) is 28.8 Å². The summed E-state index contributed by atoms with van der Waals surface area (Å²) in [5.41, 5.74) is 1.80. The van der Waals surface area contributed by atoms with Crippen molar-refractivity contribution in [3.05, 3.63) is 58.3 Å². The topological polar surface area (TPSA) is 99.2 Å². The molecule has 0 aliphatic heterocycles. The number of aromatic nitrogens is 3. The molecule has 2 aromatic heterocycles. The van der Waals surface area contributed by atoms with Crippen molar-refractivity contribution in [1.29, 1.82) is 0 Å². The minimum absolute atomic E-state index is 0.102. The number of carbonyl (C=O) groups is 1. The van der Waals surface area contributed by atoms with E-state index >= 15 is 0 Å². The molecule has 0 spiro atoms. The smallest absolute Gasteiger partial charge is 0.251 e. The van der Waals surface area contributed by atoms with Crippen molar-refractivity contribution < 1.29 is 13.9 Å². The maximum atomic E-state index is 12.4. The molecule has 3 aromatic rings. The van der Waals surface area contributed by atoms with Gasteiger partial charge < -0.3 is 19.0 Å². The first-order chi connectivity index (χ1) is 13.4. The number of hydrogen-bond acceptors (Lipinski definition) is 6. The Morgan fingerprint density at radius 1 is 1.25 bits per heavy atom. The molecule has 0 saturated carbocycles. The van der Waals surface area contributed by atoms with E-state index in [1.807, 2.05) is 26.8 Å². The molecule has 1 aromatic carbocycles. The lowest BCUT2D eigenvalue weighted by atomic mass is 10.2. The van der Waals surface area contributed by atoms with E-state index in [9.17, 15) is 9.59 Å². The molecule has 0 bridgehead atoms. The van der Waals surface area contributed by atoms with Crippen LogP contribution in [0.5, 0.6) is 5.75 Å². The fourth-order valence-electron chi connectivity index (χ4n) is 2.61. The average molecular weight is 382 g/mol. The van der Waals surface area contributed by atoms with Gasteiger partial charge in [0, 0.05) is 23.9 Å². The summed E-state index contributed by atoms with van der Waals surface area (Å²) in [6, 6.07) is 8.32. The molecule has 0 saturated heterocycles. The van der Waals surface area contributed by atoms with Crippen LogP contribution in [0.15, 0.2) is 45.7 Å². The normalized spacial score (nSPS) is 10.9. The Morgan fingerprint density at radius 3 is 2.68 bits per heavy atom. The lowest BCUT2D eigenvalue weighted by Crippen LogP contribution is -2.27. The number of nitrogens with zero attached hydrogens (tertiary/aromatic N) is 3. The quantitative estimate of drug-likeness (QED) is 0.704. The van der Waals surface area contributed by atoms with Gasteiger partial charge in [0.2, 0.25) is 17.7 Å². The molecule has 0 aliphatic rings. The molecule has 1 N–H and O–H groups in total. The van der Waals surface area contributed by atoms with E-state index in [2.05, 4.69) is 15.5 Å². The molecule has 146 valence electrons. The zero-order valence-electron chi connectivity index (χ0n) is 16.2. The molecule has 0 fully saturated rings. The molecule has 28 heavy (non-hydrogen) atoms. The number of hydrogen-bond donors (Lipinski definition) is 1. The standard InChI is InChI=1S/C20H22N4O4/c1-12(2)19-22-23-20(28-19)14-5-8-18(26)24(10-14)11-17(25)21-16-7-6-15(27-4)9-13(16)3/h5-10,12H,11H2,1-4H3,(H,21,25). The number of nitrogens with one attached hydrogen (secondary N) is 1. The van der Waals surface area contributed by atoms with Crippen molar-refractivity contribution in [2.45, 2.75) is 33.2 Å². The van der Waals surface area contributed by atoms with Gasteiger partial charge in [0.05, 0.1) is 12.7 Å². The van der Waals surface area contributed by atoms with Gasteiger partial charge in [-0.05, 0) is 36.8 Å². The third kappa shape index (κ3) is 4.28. The highest BCUT2D eigenvalue weighted by Crippen LogP contribution is 2.22. The van der Waals surface area contributed by atoms with Crippen LogP contribution in [-0.4, -0.2) is 27.8 Å². The summed E-state index contributed by atoms with van der Waals surface area (Å²) >= 11 is 0. The fourth-order valence-corrected chi connectivity index (χ4v) is 2.61. The molecule has 8 nitrogen and oxygen atoms in total. The SMILES string of the molecule is COc1ccc(NC(=O)Cn2cc(-c3nnc(C(C)C)o3)ccc2=O)c(C)c1. The van der Waals surface area contributed by atoms with Crippen molar-refractivity contribution in [3.63, 3.8) is 0 Å². The van der Waals surface area contributed by atoms with Crippen LogP contribution in [0.1, 0.15) is 31.2 Å². The number of methoxy groups -OCH3 is 1. The van der Waals surface area contributed by atoms with Crippen LogP contribution in [0.4, 0.5) is 5.69 Å². The molecular formula is C20H22N4O4. The second-order valence-electron chi connectivity index (χ2n) is 6.71. The maximum Gasteiger partial charge on any atom is 0.251 e. The molecule has 8 heteroatoms. The Bertz CT molecular complexity index is 1050. The van der Waals surface area contributed by atoms with Crippen LogP contribution in [-0.2, 0) is 11.3 Å². The zero-order chi connectivity index (χ0) is 20.3. The summed E-state index contributed by atoms with van der Waals surface area (Å²) in [6.45, 7) is 5.63. The summed E-state index contributed by atoms with van der Waals surface area (Å²) in [5, 5.41) is 10.8. The van der Waals surface area contributed by atoms with Crippen molar-refractivity contribution in [2.75, 3.05) is 12.4 Å². The van der Waals surface area contributed by atoms with Gasteiger partial charge in [0.25, 0.3) is 5.56 Å². The molecular weight excluding hydrogens is 360 g/mol. The highest BCUT2D eigenvalue weighted by atomic mass is 16.5. The van der Waals surface area contributed by atoms with Crippen molar-refractivity contribution in [1.82, 2.24) is 14.8 Å². The fraction of sp³-hybridized carbons (Fsp3) is 0.300. The maximum absolute atomic E-state index is 12.4. The van der Waals surface area contributed by atoms with Crippen LogP contribution in [0.3, 0.4) is 0 Å². The Balaban J connectivity index is 1.78. The lowest BCUT2D eigenvalue weighted by molar-refractivity contribution is -0.116. The number of ether oxygens (including phenoxy) is 1. The second-order valence-corrected chi connectivity index (χ2v) is 6.71. The predicted octanol–water partition coefficient (Wildman–Crippen LogP) is 2.98. The average Bonchev–Trinajstić information content (AvgIpc) is 3.15. The first-order valence-corrected chi connectivity index (χ1v) is 8.86. The molecule has 0 unspecified atom stereocenters. The van der Waals surface area contributed by atoms with Crippen molar-refractivity contribution in [2.24, 2.45) is 0 Å². The molecule has 0 radical (unpaired) electrons. The van der Waals surface area contributed by atoms with Crippen molar-refractivity contribution >= 4 is 11.6 Å². The Hall–Kier alpha value is -3.42. The number of carbonyl (C=O) groups excluding carboxylic acids is 1. The first-order valence-electron chi connectivity index (χ1n) is 8.86. The molecule has 0 atom stereocenters. The van der Waals surface area contributed by atoms with Crippen LogP contribution < -0.4 is 15.6 Å². The van der Waals surface area contributed by atoms with Gasteiger partial charge in [-0.1, -0.05) is 13.8 Å². The summed E-state index contributed by atoms with van der Waals surface area (Å²) in [4.78, 5) is 24.6. The highest BCUT2D eigenvalue weighted by molar-refractivity contribution is 5.91. The number of benzene rings is 1. The summed E-state index contributed by atoms with van der Waals surface area (Å²) in [6.07, 6.45) is 1.54. The van der Waals surface area contributed by atoms with Crippen LogP contribution in [0.2, 0.25) is 0 Å². The van der Waals surface area contributed by atoms with E-state index < -0.39 is 0 Å². The summed E-state index contributed by atoms with van der Waals surface area (Å²) in [5.74, 6) is 1.32. The van der Waals surface area contributed by atoms with Gasteiger partial charge in [-0.3, -0.25) is 9.59 Å². The summed E-state index contributed by atoms with van der Waals surface area (Å²) < 4.78 is 12.1. The monoisotopic (exact) mass is 382 g/mol. The minimum atomic E-state index is -0.319. The van der Waals surface area contributed by atoms with E-state index in [1.165, 1.54) is 10.6 Å². The van der Waals surface area contributed by atoms with E-state index in [0.717, 1.165) is 5.56 Å². The molecule has 3 rings (SSSR count). The highest BCUT2D eigenvalue weighted by Gasteiger charge is 2.14. The van der Waals surface area contributed by atoms with E-state index in [1.54, 1.807) is 31.5 Å². The number of aryl methyl sites for hydroxylation is 1. The molecule has 1 amide bonds. The minimum Gasteiger partial charge on any atom is -0.497 e. The largest absolute Gasteiger partial charge is 0.497 e. The van der Waals surface area contributed by atoms with Gasteiger partial charge in [-0.15, -0.1) is 10.2 Å². The van der Waals surface area contributed by atoms with Crippen LogP contribution in [0.25, 0.3) is 11.5 Å². The molecule has 0 aliphatic carbocycles. The third-order valence-corrected chi connectivity index (χ3v) is 4.19. The Labute approximate surface area is 162 Å². The van der Waals surface area contributed by atoms with Gasteiger partial charge >= 0.3 is 0 Å². The number of amides is 1. The summed E-state index contributed by atoms with van der Waals surface area (Å²) in [7, 11) is 1.58. The number of pyridine rings is 1. The lowest BCUT2D eigenvalue weighted by Gasteiger charge is -2.11. The van der Waals surface area contributed by atoms with E-state index in [-0.39, 0.29) is 23.9 Å². The van der Waals surface area contributed by atoms with E-state index in [4.69, 9.17) is 9.15 Å². The third-order valence-electron chi connectivity index (χ3n) is 4.19. The van der Waals surface area contributed by atoms with Crippen molar-refractivity contribution in [3.8, 4) is 17.2 Å². The Kier molecular flexibility index (Phi) is 5.58. The van der Waals surface area contributed by atoms with Crippen LogP contribution in [0, 0.1) is 6.92 Å². The van der Waals surface area contributed by atoms with Gasteiger partial charge in [0.15, 0.2) is 0 Å². The predicted molar refractivity (Wildman–Crippen MR) is 104 cm³/mol. The van der Waals surface area contributed by atoms with Gasteiger partial charge in [0.1, 0.15) is 12.3 Å².